The molecule has 4 nitrogen and oxygen atoms in total. The van der Waals surface area contributed by atoms with Gasteiger partial charge >= 0.3 is 7.12 Å². The summed E-state index contributed by atoms with van der Waals surface area (Å²) in [5, 5.41) is -0.0251. The minimum absolute atomic E-state index is 0.0251. The van der Waals surface area contributed by atoms with Crippen molar-refractivity contribution in [3.05, 3.63) is 35.1 Å². The van der Waals surface area contributed by atoms with E-state index in [0.717, 1.165) is 11.8 Å². The molecule has 0 atom stereocenters. The number of thioether (sulfide) groups is 1. The fourth-order valence-corrected chi connectivity index (χ4v) is 2.97. The predicted octanol–water partition coefficient (Wildman–Crippen LogP) is 4.13. The van der Waals surface area contributed by atoms with Crippen LogP contribution in [-0.2, 0) is 14.1 Å². The Labute approximate surface area is 153 Å². The largest absolute Gasteiger partial charge is 0.496 e. The number of hydrogen-bond acceptors (Lipinski definition) is 5. The number of benzene rings is 1. The highest BCUT2D eigenvalue weighted by atomic mass is 32.2. The summed E-state index contributed by atoms with van der Waals surface area (Å²) in [6, 6.07) is 4.65. The highest BCUT2D eigenvalue weighted by Gasteiger charge is 2.52. The van der Waals surface area contributed by atoms with Gasteiger partial charge in [0.2, 0.25) is 0 Å². The lowest BCUT2D eigenvalue weighted by Gasteiger charge is -2.32. The van der Waals surface area contributed by atoms with Crippen molar-refractivity contribution in [1.82, 2.24) is 0 Å². The van der Waals surface area contributed by atoms with E-state index < -0.39 is 24.1 Å². The van der Waals surface area contributed by atoms with Crippen molar-refractivity contribution in [2.45, 2.75) is 45.8 Å². The van der Waals surface area contributed by atoms with Crippen LogP contribution in [-0.4, -0.2) is 36.3 Å². The molecule has 2 rings (SSSR count). The van der Waals surface area contributed by atoms with Crippen molar-refractivity contribution in [1.29, 1.82) is 0 Å². The normalized spacial score (nSPS) is 19.2. The van der Waals surface area contributed by atoms with Crippen molar-refractivity contribution < 1.29 is 23.2 Å². The van der Waals surface area contributed by atoms with E-state index in [2.05, 4.69) is 0 Å². The summed E-state index contributed by atoms with van der Waals surface area (Å²) in [6.45, 7) is 9.30. The Morgan fingerprint density at radius 1 is 1.28 bits per heavy atom. The third kappa shape index (κ3) is 4.46. The van der Waals surface area contributed by atoms with Crippen molar-refractivity contribution in [3.8, 4) is 5.75 Å². The molecule has 1 aliphatic heterocycles. The first-order chi connectivity index (χ1) is 11.6. The van der Waals surface area contributed by atoms with E-state index >= 15 is 0 Å². The van der Waals surface area contributed by atoms with Crippen LogP contribution in [0.1, 0.15) is 40.2 Å². The molecule has 1 fully saturated rings. The molecule has 25 heavy (non-hydrogen) atoms. The second kappa shape index (κ2) is 7.52. The minimum atomic E-state index is -0.652. The molecule has 0 spiro atoms. The average molecular weight is 366 g/mol. The summed E-state index contributed by atoms with van der Waals surface area (Å²) in [4.78, 5) is 11.4. The second-order valence-electron chi connectivity index (χ2n) is 6.94. The van der Waals surface area contributed by atoms with Gasteiger partial charge in [-0.2, -0.15) is 0 Å². The summed E-state index contributed by atoms with van der Waals surface area (Å²) in [6.07, 6.45) is 1.66. The topological polar surface area (TPSA) is 44.8 Å². The predicted molar refractivity (Wildman–Crippen MR) is 100 cm³/mol. The van der Waals surface area contributed by atoms with Gasteiger partial charge in [0.15, 0.2) is 5.12 Å². The quantitative estimate of drug-likeness (QED) is 0.734. The number of carbonyl (C=O) groups excluding carboxylic acids is 1. The van der Waals surface area contributed by atoms with Gasteiger partial charge in [0.05, 0.1) is 23.9 Å². The van der Waals surface area contributed by atoms with Gasteiger partial charge in [-0.25, -0.2) is 4.39 Å². The first kappa shape index (κ1) is 20.0. The molecule has 0 N–H and O–H groups in total. The van der Waals surface area contributed by atoms with Crippen molar-refractivity contribution in [3.63, 3.8) is 0 Å². The third-order valence-corrected chi connectivity index (χ3v) is 5.44. The lowest BCUT2D eigenvalue weighted by atomic mass is 9.78. The minimum Gasteiger partial charge on any atom is -0.496 e. The summed E-state index contributed by atoms with van der Waals surface area (Å²) >= 11 is 1.13. The van der Waals surface area contributed by atoms with Crippen LogP contribution in [0.4, 0.5) is 4.39 Å². The van der Waals surface area contributed by atoms with Crippen LogP contribution in [0.15, 0.2) is 23.7 Å². The molecule has 1 heterocycles. The van der Waals surface area contributed by atoms with Crippen molar-refractivity contribution in [2.24, 2.45) is 0 Å². The summed E-state index contributed by atoms with van der Waals surface area (Å²) < 4.78 is 31.7. The Balaban J connectivity index is 2.43. The Morgan fingerprint density at radius 2 is 1.88 bits per heavy atom. The van der Waals surface area contributed by atoms with Crippen molar-refractivity contribution in [2.75, 3.05) is 12.9 Å². The summed E-state index contributed by atoms with van der Waals surface area (Å²) in [5.74, 6) is 0.368. The van der Waals surface area contributed by atoms with Crippen LogP contribution >= 0.6 is 11.8 Å². The number of hydrogen-bond donors (Lipinski definition) is 0. The van der Waals surface area contributed by atoms with Gasteiger partial charge in [0.25, 0.3) is 0 Å². The molecule has 0 aliphatic carbocycles. The number of ether oxygens (including phenoxy) is 1. The fourth-order valence-electron chi connectivity index (χ4n) is 2.38. The maximum atomic E-state index is 14.3. The van der Waals surface area contributed by atoms with Gasteiger partial charge in [0, 0.05) is 12.7 Å². The fraction of sp³-hybridized carbons (Fsp3) is 0.500. The van der Waals surface area contributed by atoms with Gasteiger partial charge in [0.1, 0.15) is 11.6 Å². The first-order valence-corrected chi connectivity index (χ1v) is 9.08. The van der Waals surface area contributed by atoms with Gasteiger partial charge in [-0.1, -0.05) is 23.9 Å². The smallest absolute Gasteiger partial charge is 0.491 e. The second-order valence-corrected chi connectivity index (χ2v) is 8.10. The zero-order valence-corrected chi connectivity index (χ0v) is 16.3. The molecule has 1 aromatic rings. The lowest BCUT2D eigenvalue weighted by Crippen LogP contribution is -2.41. The Kier molecular flexibility index (Phi) is 6.02. The van der Waals surface area contributed by atoms with E-state index in [1.54, 1.807) is 18.2 Å². The Hall–Kier alpha value is -1.31. The van der Waals surface area contributed by atoms with Crippen molar-refractivity contribution >= 4 is 30.1 Å². The molecule has 0 unspecified atom stereocenters. The zero-order valence-electron chi connectivity index (χ0n) is 15.5. The maximum Gasteiger partial charge on any atom is 0.491 e. The molecule has 0 radical (unpaired) electrons. The SMILES string of the molecule is COc1cccc(F)c1C=C(CSC(C)=O)B1OC(C)(C)C(C)(C)O1. The molecule has 0 saturated carbocycles. The third-order valence-electron chi connectivity index (χ3n) is 4.56. The van der Waals surface area contributed by atoms with Crippen LogP contribution in [0.5, 0.6) is 5.75 Å². The van der Waals surface area contributed by atoms with Crippen LogP contribution in [0.25, 0.3) is 6.08 Å². The number of rotatable bonds is 5. The Bertz CT molecular complexity index is 672. The van der Waals surface area contributed by atoms with Crippen LogP contribution in [0, 0.1) is 5.82 Å². The van der Waals surface area contributed by atoms with E-state index in [4.69, 9.17) is 14.0 Å². The monoisotopic (exact) mass is 366 g/mol. The van der Waals surface area contributed by atoms with E-state index in [1.807, 2.05) is 27.7 Å². The number of methoxy groups -OCH3 is 1. The van der Waals surface area contributed by atoms with E-state index in [-0.39, 0.29) is 5.12 Å². The highest BCUT2D eigenvalue weighted by Crippen LogP contribution is 2.40. The standard InChI is InChI=1S/C18H24BFO4S/c1-12(21)25-11-13(19-23-17(2,3)18(4,5)24-19)10-14-15(20)8-7-9-16(14)22-6/h7-10H,11H2,1-6H3. The molecule has 7 heteroatoms. The molecule has 0 aromatic heterocycles. The van der Waals surface area contributed by atoms with E-state index in [0.29, 0.717) is 22.5 Å². The van der Waals surface area contributed by atoms with Crippen LogP contribution in [0.2, 0.25) is 0 Å². The van der Waals surface area contributed by atoms with Crippen LogP contribution in [0.3, 0.4) is 0 Å². The number of carbonyl (C=O) groups is 1. The first-order valence-electron chi connectivity index (χ1n) is 8.09. The van der Waals surface area contributed by atoms with Gasteiger partial charge in [-0.05, 0) is 45.3 Å². The zero-order chi connectivity index (χ0) is 18.8. The highest BCUT2D eigenvalue weighted by molar-refractivity contribution is 8.13. The molecule has 136 valence electrons. The lowest BCUT2D eigenvalue weighted by molar-refractivity contribution is -0.109. The molecule has 1 aliphatic rings. The molecule has 1 saturated heterocycles. The summed E-state index contributed by atoms with van der Waals surface area (Å²) in [7, 11) is 0.839. The van der Waals surface area contributed by atoms with Gasteiger partial charge < -0.3 is 14.0 Å². The average Bonchev–Trinajstić information content (AvgIpc) is 2.72. The summed E-state index contributed by atoms with van der Waals surface area (Å²) in [5.41, 5.74) is -0.0328. The van der Waals surface area contributed by atoms with E-state index in [1.165, 1.54) is 20.1 Å². The molecule has 0 amide bonds. The van der Waals surface area contributed by atoms with Gasteiger partial charge in [-0.3, -0.25) is 4.79 Å². The Morgan fingerprint density at radius 3 is 2.40 bits per heavy atom. The molecule has 1 aromatic carbocycles. The maximum absolute atomic E-state index is 14.3. The van der Waals surface area contributed by atoms with Crippen LogP contribution < -0.4 is 4.74 Å². The molecule has 0 bridgehead atoms. The van der Waals surface area contributed by atoms with Gasteiger partial charge in [-0.15, -0.1) is 0 Å². The van der Waals surface area contributed by atoms with E-state index in [9.17, 15) is 9.18 Å². The number of halogens is 1. The molecular formula is C18H24BFO4S. The molecular weight excluding hydrogens is 342 g/mol.